The molecule has 1 unspecified atom stereocenters. The van der Waals surface area contributed by atoms with E-state index in [0.29, 0.717) is 6.42 Å². The Labute approximate surface area is 101 Å². The average molecular weight is 237 g/mol. The third kappa shape index (κ3) is 1.61. The number of rotatable bonds is 1. The molecule has 0 saturated carbocycles. The zero-order valence-electron chi connectivity index (χ0n) is 10.6. The molecule has 2 heterocycles. The maximum absolute atomic E-state index is 12.2. The highest BCUT2D eigenvalue weighted by Crippen LogP contribution is 2.43. The number of nitrogens with zero attached hydrogens (tertiary/aromatic N) is 2. The van der Waals surface area contributed by atoms with Crippen molar-refractivity contribution in [3.8, 4) is 0 Å². The van der Waals surface area contributed by atoms with Crippen molar-refractivity contribution < 1.29 is 9.59 Å². The van der Waals surface area contributed by atoms with Gasteiger partial charge in [-0.1, -0.05) is 0 Å². The Bertz CT molecular complexity index is 394. The second-order valence-corrected chi connectivity index (χ2v) is 5.86. The van der Waals surface area contributed by atoms with Crippen molar-refractivity contribution in [3.05, 3.63) is 17.4 Å². The van der Waals surface area contributed by atoms with Crippen LogP contribution in [0.1, 0.15) is 34.1 Å². The SMILES string of the molecule is CC1(C)CC(N2C(=O)C=CC2=O)C(C)(C)N1[O-]. The quantitative estimate of drug-likeness (QED) is 0.639. The second kappa shape index (κ2) is 3.40. The Morgan fingerprint density at radius 1 is 1.18 bits per heavy atom. The number of carbonyl (C=O) groups is 2. The Hall–Kier alpha value is -1.20. The average Bonchev–Trinajstić information content (AvgIpc) is 2.60. The van der Waals surface area contributed by atoms with Crippen LogP contribution in [-0.2, 0) is 9.59 Å². The summed E-state index contributed by atoms with van der Waals surface area (Å²) in [5, 5.41) is 13.2. The zero-order chi connectivity index (χ0) is 13.0. The minimum atomic E-state index is -0.749. The number of hydroxylamine groups is 2. The minimum Gasteiger partial charge on any atom is -0.784 e. The van der Waals surface area contributed by atoms with E-state index in [1.165, 1.54) is 17.1 Å². The summed E-state index contributed by atoms with van der Waals surface area (Å²) in [6, 6.07) is -0.370. The van der Waals surface area contributed by atoms with Gasteiger partial charge in [-0.15, -0.1) is 0 Å². The first-order valence-corrected chi connectivity index (χ1v) is 5.70. The first kappa shape index (κ1) is 12.3. The highest BCUT2D eigenvalue weighted by molar-refractivity contribution is 6.13. The van der Waals surface area contributed by atoms with Crippen LogP contribution in [0.15, 0.2) is 12.2 Å². The molecule has 0 aromatic rings. The monoisotopic (exact) mass is 237 g/mol. The van der Waals surface area contributed by atoms with Crippen molar-refractivity contribution in [1.82, 2.24) is 9.96 Å². The summed E-state index contributed by atoms with van der Waals surface area (Å²) in [5.74, 6) is -0.640. The molecule has 1 fully saturated rings. The van der Waals surface area contributed by atoms with Gasteiger partial charge in [-0.25, -0.2) is 0 Å². The van der Waals surface area contributed by atoms with Crippen molar-refractivity contribution in [2.45, 2.75) is 51.2 Å². The third-order valence-electron chi connectivity index (χ3n) is 3.74. The summed E-state index contributed by atoms with van der Waals surface area (Å²) in [6.45, 7) is 7.22. The molecule has 0 aromatic carbocycles. The summed E-state index contributed by atoms with van der Waals surface area (Å²) in [4.78, 5) is 24.6. The fourth-order valence-corrected chi connectivity index (χ4v) is 2.85. The second-order valence-electron chi connectivity index (χ2n) is 5.86. The van der Waals surface area contributed by atoms with Gasteiger partial charge in [0, 0.05) is 23.2 Å². The molecule has 0 spiro atoms. The van der Waals surface area contributed by atoms with E-state index in [1.807, 2.05) is 13.8 Å². The van der Waals surface area contributed by atoms with E-state index in [2.05, 4.69) is 0 Å². The lowest BCUT2D eigenvalue weighted by Gasteiger charge is -2.48. The predicted molar refractivity (Wildman–Crippen MR) is 62.8 cm³/mol. The van der Waals surface area contributed by atoms with Gasteiger partial charge in [0.2, 0.25) is 0 Å². The van der Waals surface area contributed by atoms with Crippen LogP contribution in [0.5, 0.6) is 0 Å². The van der Waals surface area contributed by atoms with Crippen LogP contribution in [0, 0.1) is 5.21 Å². The van der Waals surface area contributed by atoms with Crippen LogP contribution in [0.2, 0.25) is 0 Å². The van der Waals surface area contributed by atoms with Crippen LogP contribution >= 0.6 is 0 Å². The van der Waals surface area contributed by atoms with E-state index in [4.69, 9.17) is 0 Å². The highest BCUT2D eigenvalue weighted by atomic mass is 16.5. The molecule has 2 aliphatic heterocycles. The Morgan fingerprint density at radius 3 is 2.00 bits per heavy atom. The van der Waals surface area contributed by atoms with Crippen molar-refractivity contribution in [2.24, 2.45) is 0 Å². The molecule has 0 aromatic heterocycles. The Morgan fingerprint density at radius 2 is 1.65 bits per heavy atom. The summed E-state index contributed by atoms with van der Waals surface area (Å²) >= 11 is 0. The minimum absolute atomic E-state index is 0.320. The standard InChI is InChI=1S/C12H17N2O3/c1-11(2)7-8(12(3,4)14(11)17)13-9(15)5-6-10(13)16/h5-6,8H,7H2,1-4H3/q-1. The first-order chi connectivity index (χ1) is 7.68. The van der Waals surface area contributed by atoms with Crippen molar-refractivity contribution >= 4 is 11.8 Å². The molecule has 0 aliphatic carbocycles. The van der Waals surface area contributed by atoms with E-state index < -0.39 is 11.1 Å². The Balaban J connectivity index is 2.35. The zero-order valence-corrected chi connectivity index (χ0v) is 10.6. The van der Waals surface area contributed by atoms with Crippen LogP contribution in [0.25, 0.3) is 0 Å². The first-order valence-electron chi connectivity index (χ1n) is 5.70. The fourth-order valence-electron chi connectivity index (χ4n) is 2.85. The molecule has 0 N–H and O–H groups in total. The molecule has 5 heteroatoms. The molecule has 0 bridgehead atoms. The molecular formula is C12H17N2O3-. The van der Waals surface area contributed by atoms with Gasteiger partial charge in [-0.2, -0.15) is 0 Å². The maximum Gasteiger partial charge on any atom is 0.253 e. The molecule has 2 aliphatic rings. The molecule has 2 rings (SSSR count). The van der Waals surface area contributed by atoms with Crippen LogP contribution in [0.3, 0.4) is 0 Å². The number of hydrogen-bond donors (Lipinski definition) is 0. The third-order valence-corrected chi connectivity index (χ3v) is 3.74. The number of amides is 2. The lowest BCUT2D eigenvalue weighted by atomic mass is 9.93. The smallest absolute Gasteiger partial charge is 0.253 e. The molecule has 5 nitrogen and oxygen atoms in total. The van der Waals surface area contributed by atoms with Gasteiger partial charge in [0.25, 0.3) is 11.8 Å². The van der Waals surface area contributed by atoms with Crippen LogP contribution in [0.4, 0.5) is 0 Å². The summed E-state index contributed by atoms with van der Waals surface area (Å²) in [6.07, 6.45) is 3.03. The molecule has 1 atom stereocenters. The molecule has 0 radical (unpaired) electrons. The van der Waals surface area contributed by atoms with Gasteiger partial charge >= 0.3 is 0 Å². The summed E-state index contributed by atoms with van der Waals surface area (Å²) in [5.41, 5.74) is -1.31. The van der Waals surface area contributed by atoms with Crippen molar-refractivity contribution in [2.75, 3.05) is 0 Å². The van der Waals surface area contributed by atoms with Gasteiger partial charge in [0.05, 0.1) is 6.04 Å². The van der Waals surface area contributed by atoms with Crippen LogP contribution in [-0.4, -0.2) is 38.9 Å². The Kier molecular flexibility index (Phi) is 2.45. The van der Waals surface area contributed by atoms with E-state index >= 15 is 0 Å². The number of carbonyl (C=O) groups excluding carboxylic acids is 2. The van der Waals surface area contributed by atoms with E-state index in [9.17, 15) is 14.8 Å². The van der Waals surface area contributed by atoms with Crippen molar-refractivity contribution in [3.63, 3.8) is 0 Å². The number of imide groups is 1. The van der Waals surface area contributed by atoms with Gasteiger partial charge < -0.3 is 10.3 Å². The fraction of sp³-hybridized carbons (Fsp3) is 0.667. The van der Waals surface area contributed by atoms with E-state index in [1.54, 1.807) is 13.8 Å². The van der Waals surface area contributed by atoms with Gasteiger partial charge in [-0.05, 0) is 34.1 Å². The van der Waals surface area contributed by atoms with E-state index in [-0.39, 0.29) is 17.9 Å². The largest absolute Gasteiger partial charge is 0.784 e. The highest BCUT2D eigenvalue weighted by Gasteiger charge is 2.51. The predicted octanol–water partition coefficient (Wildman–Crippen LogP) is 1.04. The van der Waals surface area contributed by atoms with Gasteiger partial charge in [0.15, 0.2) is 0 Å². The summed E-state index contributed by atoms with van der Waals surface area (Å²) < 4.78 is 0. The maximum atomic E-state index is 12.2. The number of hydrogen-bond acceptors (Lipinski definition) is 4. The van der Waals surface area contributed by atoms with Crippen molar-refractivity contribution in [1.29, 1.82) is 0 Å². The lowest BCUT2D eigenvalue weighted by Crippen LogP contribution is -2.53. The normalized spacial score (nSPS) is 31.6. The molecule has 1 saturated heterocycles. The van der Waals surface area contributed by atoms with E-state index in [0.717, 1.165) is 5.06 Å². The molecule has 2 amide bonds. The van der Waals surface area contributed by atoms with Gasteiger partial charge in [-0.3, -0.25) is 14.5 Å². The van der Waals surface area contributed by atoms with Crippen LogP contribution < -0.4 is 0 Å². The summed E-state index contributed by atoms with van der Waals surface area (Å²) in [7, 11) is 0. The molecule has 17 heavy (non-hydrogen) atoms. The molecular weight excluding hydrogens is 220 g/mol. The lowest BCUT2D eigenvalue weighted by molar-refractivity contribution is -0.141. The van der Waals surface area contributed by atoms with Gasteiger partial charge in [0.1, 0.15) is 0 Å². The topological polar surface area (TPSA) is 63.7 Å². The molecule has 94 valence electrons.